The predicted octanol–water partition coefficient (Wildman–Crippen LogP) is 2.11. The quantitative estimate of drug-likeness (QED) is 0.873. The van der Waals surface area contributed by atoms with Crippen molar-refractivity contribution in [1.82, 2.24) is 5.32 Å². The van der Waals surface area contributed by atoms with Gasteiger partial charge in [-0.1, -0.05) is 0 Å². The van der Waals surface area contributed by atoms with E-state index in [1.165, 1.54) is 4.88 Å². The number of carbonyl (C=O) groups is 1. The zero-order chi connectivity index (χ0) is 11.5. The molecule has 3 nitrogen and oxygen atoms in total. The molecule has 0 aliphatic heterocycles. The fraction of sp³-hybridized carbons (Fsp3) is 0.500. The van der Waals surface area contributed by atoms with Gasteiger partial charge in [0.15, 0.2) is 0 Å². The lowest BCUT2D eigenvalue weighted by molar-refractivity contribution is -0.125. The van der Waals surface area contributed by atoms with Crippen LogP contribution in [0, 0.1) is 5.41 Å². The summed E-state index contributed by atoms with van der Waals surface area (Å²) in [5, 5.41) is 5.26. The van der Waals surface area contributed by atoms with Gasteiger partial charge in [-0.15, -0.1) is 11.3 Å². The summed E-state index contributed by atoms with van der Waals surface area (Å²) in [6, 6.07) is 2.01. The highest BCUT2D eigenvalue weighted by atomic mass is 79.9. The molecule has 0 radical (unpaired) electrons. The first-order valence-electron chi connectivity index (χ1n) is 4.66. The maximum absolute atomic E-state index is 11.1. The van der Waals surface area contributed by atoms with Gasteiger partial charge in [-0.3, -0.25) is 4.79 Å². The molecule has 3 N–H and O–H groups in total. The van der Waals surface area contributed by atoms with Gasteiger partial charge in [-0.25, -0.2) is 0 Å². The lowest BCUT2D eigenvalue weighted by Gasteiger charge is -2.20. The van der Waals surface area contributed by atoms with Crippen LogP contribution in [0.25, 0.3) is 0 Å². The predicted molar refractivity (Wildman–Crippen MR) is 66.7 cm³/mol. The number of rotatable bonds is 5. The average molecular weight is 291 g/mol. The Hall–Kier alpha value is -0.390. The number of primary amides is 1. The standard InChI is InChI=1S/C10H15BrN2OS/c1-10(2,9(12)14)6-13-5-8-7(11)3-4-15-8/h3-4,13H,5-6H2,1-2H3,(H2,12,14). The minimum Gasteiger partial charge on any atom is -0.369 e. The number of halogens is 1. The first-order chi connectivity index (χ1) is 6.93. The highest BCUT2D eigenvalue weighted by Gasteiger charge is 2.24. The maximum Gasteiger partial charge on any atom is 0.224 e. The van der Waals surface area contributed by atoms with E-state index in [1.54, 1.807) is 11.3 Å². The second-order valence-corrected chi connectivity index (χ2v) is 5.90. The summed E-state index contributed by atoms with van der Waals surface area (Å²) in [7, 11) is 0. The molecule has 0 atom stereocenters. The SMILES string of the molecule is CC(C)(CNCc1sccc1Br)C(N)=O. The van der Waals surface area contributed by atoms with Gasteiger partial charge >= 0.3 is 0 Å². The Morgan fingerprint density at radius 3 is 2.80 bits per heavy atom. The smallest absolute Gasteiger partial charge is 0.224 e. The fourth-order valence-corrected chi connectivity index (χ4v) is 2.49. The van der Waals surface area contributed by atoms with E-state index in [4.69, 9.17) is 5.73 Å². The Balaban J connectivity index is 2.40. The minimum atomic E-state index is -0.496. The molecule has 0 saturated carbocycles. The third-order valence-corrected chi connectivity index (χ3v) is 4.14. The normalized spacial score (nSPS) is 11.7. The summed E-state index contributed by atoms with van der Waals surface area (Å²) < 4.78 is 1.11. The van der Waals surface area contributed by atoms with Crippen LogP contribution in [0.1, 0.15) is 18.7 Å². The monoisotopic (exact) mass is 290 g/mol. The topological polar surface area (TPSA) is 55.1 Å². The van der Waals surface area contributed by atoms with Gasteiger partial charge in [0.1, 0.15) is 0 Å². The van der Waals surface area contributed by atoms with Crippen LogP contribution in [0.3, 0.4) is 0 Å². The van der Waals surface area contributed by atoms with Gasteiger partial charge in [-0.2, -0.15) is 0 Å². The summed E-state index contributed by atoms with van der Waals surface area (Å²) in [6.07, 6.45) is 0. The Bertz CT molecular complexity index is 349. The molecular formula is C10H15BrN2OS. The molecule has 5 heteroatoms. The number of thiophene rings is 1. The van der Waals surface area contributed by atoms with Crippen molar-refractivity contribution >= 4 is 33.2 Å². The van der Waals surface area contributed by atoms with Crippen molar-refractivity contribution in [3.63, 3.8) is 0 Å². The number of hydrogen-bond acceptors (Lipinski definition) is 3. The minimum absolute atomic E-state index is 0.278. The van der Waals surface area contributed by atoms with E-state index in [2.05, 4.69) is 21.2 Å². The molecule has 0 aliphatic carbocycles. The van der Waals surface area contributed by atoms with E-state index in [-0.39, 0.29) is 5.91 Å². The zero-order valence-electron chi connectivity index (χ0n) is 8.84. The van der Waals surface area contributed by atoms with Crippen LogP contribution >= 0.6 is 27.3 Å². The van der Waals surface area contributed by atoms with Crippen LogP contribution in [0.2, 0.25) is 0 Å². The highest BCUT2D eigenvalue weighted by molar-refractivity contribution is 9.10. The molecule has 1 aromatic heterocycles. The van der Waals surface area contributed by atoms with E-state index in [9.17, 15) is 4.79 Å². The van der Waals surface area contributed by atoms with Gasteiger partial charge in [0.2, 0.25) is 5.91 Å². The van der Waals surface area contributed by atoms with E-state index in [0.29, 0.717) is 6.54 Å². The van der Waals surface area contributed by atoms with Crippen LogP contribution in [-0.4, -0.2) is 12.5 Å². The third-order valence-electron chi connectivity index (χ3n) is 2.21. The van der Waals surface area contributed by atoms with E-state index in [1.807, 2.05) is 25.3 Å². The second-order valence-electron chi connectivity index (χ2n) is 4.04. The fourth-order valence-electron chi connectivity index (χ4n) is 1.03. The lowest BCUT2D eigenvalue weighted by Crippen LogP contribution is -2.40. The summed E-state index contributed by atoms with van der Waals surface area (Å²) in [5.74, 6) is -0.278. The molecule has 0 unspecified atom stereocenters. The van der Waals surface area contributed by atoms with E-state index in [0.717, 1.165) is 11.0 Å². The van der Waals surface area contributed by atoms with Crippen LogP contribution in [0.15, 0.2) is 15.9 Å². The van der Waals surface area contributed by atoms with Crippen LogP contribution in [-0.2, 0) is 11.3 Å². The second kappa shape index (κ2) is 5.09. The number of carbonyl (C=O) groups excluding carboxylic acids is 1. The molecule has 84 valence electrons. The van der Waals surface area contributed by atoms with Crippen molar-refractivity contribution in [3.8, 4) is 0 Å². The molecule has 0 aliphatic rings. The van der Waals surface area contributed by atoms with Gasteiger partial charge in [0.25, 0.3) is 0 Å². The van der Waals surface area contributed by atoms with Crippen molar-refractivity contribution in [2.45, 2.75) is 20.4 Å². The Morgan fingerprint density at radius 1 is 1.67 bits per heavy atom. The van der Waals surface area contributed by atoms with Gasteiger partial charge < -0.3 is 11.1 Å². The maximum atomic E-state index is 11.1. The molecule has 0 spiro atoms. The first-order valence-corrected chi connectivity index (χ1v) is 6.33. The largest absolute Gasteiger partial charge is 0.369 e. The van der Waals surface area contributed by atoms with Crippen LogP contribution in [0.5, 0.6) is 0 Å². The molecule has 0 aromatic carbocycles. The number of nitrogens with two attached hydrogens (primary N) is 1. The number of amides is 1. The van der Waals surface area contributed by atoms with Gasteiger partial charge in [0.05, 0.1) is 5.41 Å². The molecular weight excluding hydrogens is 276 g/mol. The Morgan fingerprint density at radius 2 is 2.33 bits per heavy atom. The Kier molecular flexibility index (Phi) is 4.31. The molecule has 1 heterocycles. The van der Waals surface area contributed by atoms with Crippen molar-refractivity contribution in [1.29, 1.82) is 0 Å². The third kappa shape index (κ3) is 3.59. The summed E-state index contributed by atoms with van der Waals surface area (Å²) in [6.45, 7) is 5.03. The first kappa shape index (κ1) is 12.7. The van der Waals surface area contributed by atoms with Crippen LogP contribution < -0.4 is 11.1 Å². The average Bonchev–Trinajstić information content (AvgIpc) is 2.51. The summed E-state index contributed by atoms with van der Waals surface area (Å²) in [5.41, 5.74) is 4.78. The number of nitrogens with one attached hydrogen (secondary N) is 1. The highest BCUT2D eigenvalue weighted by Crippen LogP contribution is 2.22. The molecule has 1 amide bonds. The summed E-state index contributed by atoms with van der Waals surface area (Å²) in [4.78, 5) is 12.3. The molecule has 15 heavy (non-hydrogen) atoms. The van der Waals surface area contributed by atoms with E-state index >= 15 is 0 Å². The van der Waals surface area contributed by atoms with Crippen molar-refractivity contribution in [2.75, 3.05) is 6.54 Å². The molecule has 0 bridgehead atoms. The Labute approximate surface area is 102 Å². The zero-order valence-corrected chi connectivity index (χ0v) is 11.2. The molecule has 1 aromatic rings. The lowest BCUT2D eigenvalue weighted by atomic mass is 9.93. The number of hydrogen-bond donors (Lipinski definition) is 2. The van der Waals surface area contributed by atoms with Gasteiger partial charge in [-0.05, 0) is 41.2 Å². The summed E-state index contributed by atoms with van der Waals surface area (Å²) >= 11 is 5.14. The molecule has 1 rings (SSSR count). The van der Waals surface area contributed by atoms with Crippen molar-refractivity contribution in [2.24, 2.45) is 11.1 Å². The van der Waals surface area contributed by atoms with Crippen molar-refractivity contribution in [3.05, 3.63) is 20.8 Å². The van der Waals surface area contributed by atoms with Crippen molar-refractivity contribution < 1.29 is 4.79 Å². The van der Waals surface area contributed by atoms with Gasteiger partial charge in [0, 0.05) is 22.4 Å². The van der Waals surface area contributed by atoms with Crippen LogP contribution in [0.4, 0.5) is 0 Å². The van der Waals surface area contributed by atoms with E-state index < -0.39 is 5.41 Å². The molecule has 0 saturated heterocycles. The molecule has 0 fully saturated rings.